The Kier molecular flexibility index (Phi) is 3.48. The summed E-state index contributed by atoms with van der Waals surface area (Å²) in [5.41, 5.74) is 3.34. The fourth-order valence-electron chi connectivity index (χ4n) is 1.34. The van der Waals surface area contributed by atoms with E-state index >= 15 is 0 Å². The number of aromatic nitrogens is 1. The van der Waals surface area contributed by atoms with Crippen LogP contribution in [-0.2, 0) is 11.3 Å². The van der Waals surface area contributed by atoms with Gasteiger partial charge in [0, 0.05) is 12.8 Å². The van der Waals surface area contributed by atoms with Crippen molar-refractivity contribution in [1.29, 1.82) is 0 Å². The average Bonchev–Trinajstić information content (AvgIpc) is 3.13. The highest BCUT2D eigenvalue weighted by atomic mass is 16.5. The molecule has 1 aliphatic rings. The summed E-state index contributed by atoms with van der Waals surface area (Å²) in [5, 5.41) is 0. The Hall–Kier alpha value is -1.46. The summed E-state index contributed by atoms with van der Waals surface area (Å²) in [6, 6.07) is 3.46. The molecule has 5 heteroatoms. The molecule has 86 valence electrons. The van der Waals surface area contributed by atoms with Crippen LogP contribution in [0.2, 0.25) is 0 Å². The average molecular weight is 221 g/mol. The van der Waals surface area contributed by atoms with Crippen molar-refractivity contribution < 1.29 is 9.53 Å². The predicted octanol–water partition coefficient (Wildman–Crippen LogP) is 0.612. The van der Waals surface area contributed by atoms with Crippen molar-refractivity contribution >= 4 is 5.91 Å². The number of nitrogens with one attached hydrogen (secondary N) is 1. The van der Waals surface area contributed by atoms with Crippen molar-refractivity contribution in [3.05, 3.63) is 29.6 Å². The van der Waals surface area contributed by atoms with E-state index in [9.17, 15) is 4.79 Å². The molecule has 1 aliphatic carbocycles. The number of hydrazine groups is 1. The third-order valence-electron chi connectivity index (χ3n) is 2.52. The van der Waals surface area contributed by atoms with Gasteiger partial charge in [-0.1, -0.05) is 0 Å². The summed E-state index contributed by atoms with van der Waals surface area (Å²) in [5.74, 6) is 5.43. The Morgan fingerprint density at radius 3 is 2.94 bits per heavy atom. The first-order valence-electron chi connectivity index (χ1n) is 5.33. The maximum Gasteiger partial charge on any atom is 0.266 e. The van der Waals surface area contributed by atoms with Crippen LogP contribution in [0.4, 0.5) is 0 Å². The zero-order chi connectivity index (χ0) is 11.4. The Morgan fingerprint density at radius 1 is 1.56 bits per heavy atom. The minimum atomic E-state index is -0.335. The zero-order valence-corrected chi connectivity index (χ0v) is 8.98. The predicted molar refractivity (Wildman–Crippen MR) is 58.3 cm³/mol. The van der Waals surface area contributed by atoms with Crippen molar-refractivity contribution in [2.75, 3.05) is 6.61 Å². The maximum absolute atomic E-state index is 11.1. The summed E-state index contributed by atoms with van der Waals surface area (Å²) in [4.78, 5) is 15.3. The summed E-state index contributed by atoms with van der Waals surface area (Å²) >= 11 is 0. The molecule has 0 radical (unpaired) electrons. The van der Waals surface area contributed by atoms with Crippen molar-refractivity contribution in [2.45, 2.75) is 19.4 Å². The number of nitrogens with zero attached hydrogens (tertiary/aromatic N) is 1. The van der Waals surface area contributed by atoms with E-state index in [1.54, 1.807) is 12.1 Å². The van der Waals surface area contributed by atoms with Crippen molar-refractivity contribution in [1.82, 2.24) is 10.4 Å². The van der Waals surface area contributed by atoms with E-state index in [4.69, 9.17) is 10.6 Å². The lowest BCUT2D eigenvalue weighted by Crippen LogP contribution is -2.30. The first-order valence-corrected chi connectivity index (χ1v) is 5.33. The van der Waals surface area contributed by atoms with Crippen LogP contribution in [0, 0.1) is 5.92 Å². The van der Waals surface area contributed by atoms with Gasteiger partial charge in [-0.3, -0.25) is 15.2 Å². The molecule has 1 saturated carbocycles. The van der Waals surface area contributed by atoms with Crippen LogP contribution in [0.3, 0.4) is 0 Å². The van der Waals surface area contributed by atoms with Crippen LogP contribution in [0.15, 0.2) is 18.3 Å². The molecule has 0 aromatic carbocycles. The molecule has 0 spiro atoms. The molecule has 0 saturated heterocycles. The Morgan fingerprint density at radius 2 is 2.38 bits per heavy atom. The molecular weight excluding hydrogens is 206 g/mol. The second-order valence-corrected chi connectivity index (χ2v) is 3.97. The van der Waals surface area contributed by atoms with Crippen LogP contribution in [0.1, 0.15) is 28.9 Å². The highest BCUT2D eigenvalue weighted by Gasteiger charge is 2.21. The molecule has 0 bridgehead atoms. The third-order valence-corrected chi connectivity index (χ3v) is 2.52. The van der Waals surface area contributed by atoms with Gasteiger partial charge in [0.25, 0.3) is 5.91 Å². The summed E-state index contributed by atoms with van der Waals surface area (Å²) < 4.78 is 5.48. The lowest BCUT2D eigenvalue weighted by molar-refractivity contribution is 0.0952. The highest BCUT2D eigenvalue weighted by Crippen LogP contribution is 2.28. The maximum atomic E-state index is 11.1. The van der Waals surface area contributed by atoms with Gasteiger partial charge in [-0.15, -0.1) is 0 Å². The third kappa shape index (κ3) is 3.01. The molecule has 16 heavy (non-hydrogen) atoms. The molecule has 1 aromatic heterocycles. The highest BCUT2D eigenvalue weighted by molar-refractivity contribution is 5.93. The summed E-state index contributed by atoms with van der Waals surface area (Å²) in [7, 11) is 0. The van der Waals surface area contributed by atoms with E-state index < -0.39 is 0 Å². The van der Waals surface area contributed by atoms with E-state index in [0.717, 1.165) is 18.2 Å². The molecular formula is C11H15N3O2. The van der Waals surface area contributed by atoms with Crippen molar-refractivity contribution in [3.8, 4) is 0 Å². The number of hydrogen-bond acceptors (Lipinski definition) is 4. The normalized spacial score (nSPS) is 14.8. The van der Waals surface area contributed by atoms with Gasteiger partial charge in [0.1, 0.15) is 0 Å². The zero-order valence-electron chi connectivity index (χ0n) is 8.98. The number of nitrogens with two attached hydrogens (primary N) is 1. The van der Waals surface area contributed by atoms with Crippen LogP contribution in [-0.4, -0.2) is 17.5 Å². The lowest BCUT2D eigenvalue weighted by Gasteiger charge is -2.03. The van der Waals surface area contributed by atoms with Crippen LogP contribution in [0.25, 0.3) is 0 Å². The quantitative estimate of drug-likeness (QED) is 0.434. The second kappa shape index (κ2) is 5.05. The van der Waals surface area contributed by atoms with Crippen LogP contribution in [0.5, 0.6) is 0 Å². The van der Waals surface area contributed by atoms with E-state index in [1.807, 2.05) is 0 Å². The van der Waals surface area contributed by atoms with Gasteiger partial charge < -0.3 is 4.74 Å². The Bertz CT molecular complexity index is 360. The van der Waals surface area contributed by atoms with Gasteiger partial charge in [-0.25, -0.2) is 5.84 Å². The number of carbonyl (C=O) groups excluding carboxylic acids is 1. The molecule has 1 heterocycles. The number of nitrogen functional groups attached to an aromatic ring is 1. The van der Waals surface area contributed by atoms with Gasteiger partial charge in [-0.2, -0.15) is 0 Å². The first kappa shape index (κ1) is 11.0. The minimum Gasteiger partial charge on any atom is -0.375 e. The fraction of sp³-hybridized carbons (Fsp3) is 0.455. The van der Waals surface area contributed by atoms with Gasteiger partial charge in [0.15, 0.2) is 0 Å². The number of carbonyl (C=O) groups is 1. The molecule has 3 N–H and O–H groups in total. The molecule has 5 nitrogen and oxygen atoms in total. The first-order chi connectivity index (χ1) is 7.79. The number of rotatable bonds is 5. The molecule has 0 unspecified atom stereocenters. The standard InChI is InChI=1S/C11H15N3O2/c12-14-11(15)9-3-4-10(13-5-9)7-16-6-8-1-2-8/h3-5,8H,1-2,6-7,12H2,(H,14,15). The van der Waals surface area contributed by atoms with Crippen LogP contribution < -0.4 is 11.3 Å². The minimum absolute atomic E-state index is 0.335. The van der Waals surface area contributed by atoms with Gasteiger partial charge in [0.05, 0.1) is 17.9 Å². The monoisotopic (exact) mass is 221 g/mol. The molecule has 0 aliphatic heterocycles. The number of hydrogen-bond donors (Lipinski definition) is 2. The molecule has 1 fully saturated rings. The molecule has 1 aromatic rings. The fourth-order valence-corrected chi connectivity index (χ4v) is 1.34. The van der Waals surface area contributed by atoms with Gasteiger partial charge in [-0.05, 0) is 30.9 Å². The smallest absolute Gasteiger partial charge is 0.266 e. The van der Waals surface area contributed by atoms with E-state index in [2.05, 4.69) is 10.4 Å². The topological polar surface area (TPSA) is 77.2 Å². The summed E-state index contributed by atoms with van der Waals surface area (Å²) in [6.45, 7) is 1.31. The molecule has 1 amide bonds. The SMILES string of the molecule is NNC(=O)c1ccc(COCC2CC2)nc1. The van der Waals surface area contributed by atoms with Crippen molar-refractivity contribution in [2.24, 2.45) is 11.8 Å². The number of ether oxygens (including phenoxy) is 1. The Labute approximate surface area is 94.0 Å². The summed E-state index contributed by atoms with van der Waals surface area (Å²) in [6.07, 6.45) is 4.06. The van der Waals surface area contributed by atoms with Crippen molar-refractivity contribution in [3.63, 3.8) is 0 Å². The number of pyridine rings is 1. The van der Waals surface area contributed by atoms with E-state index in [0.29, 0.717) is 12.2 Å². The lowest BCUT2D eigenvalue weighted by atomic mass is 10.2. The number of amides is 1. The van der Waals surface area contributed by atoms with E-state index in [-0.39, 0.29) is 5.91 Å². The second-order valence-electron chi connectivity index (χ2n) is 3.97. The largest absolute Gasteiger partial charge is 0.375 e. The van der Waals surface area contributed by atoms with Gasteiger partial charge >= 0.3 is 0 Å². The molecule has 0 atom stereocenters. The molecule has 2 rings (SSSR count). The Balaban J connectivity index is 1.83. The van der Waals surface area contributed by atoms with Crippen LogP contribution >= 0.6 is 0 Å². The van der Waals surface area contributed by atoms with E-state index in [1.165, 1.54) is 19.0 Å². The van der Waals surface area contributed by atoms with Gasteiger partial charge in [0.2, 0.25) is 0 Å².